The third-order valence-electron chi connectivity index (χ3n) is 23.1. The largest absolute Gasteiger partial charge is 0.477 e. The van der Waals surface area contributed by atoms with Gasteiger partial charge in [0.25, 0.3) is 0 Å². The van der Waals surface area contributed by atoms with Gasteiger partial charge in [-0.25, -0.2) is 29.4 Å². The molecular weight excluding hydrogens is 1620 g/mol. The molecule has 678 valence electrons. The highest BCUT2D eigenvalue weighted by Gasteiger charge is 2.63. The number of nitrogens with one attached hydrogen (secondary N) is 3. The second-order valence-electron chi connectivity index (χ2n) is 31.0. The molecule has 12 heterocycles. The van der Waals surface area contributed by atoms with Gasteiger partial charge in [-0.15, -0.1) is 35.3 Å². The molecule has 0 aromatic heterocycles. The number of carboxylic acid groups (broad SMARTS) is 3. The van der Waals surface area contributed by atoms with Gasteiger partial charge in [0.1, 0.15) is 37.3 Å². The van der Waals surface area contributed by atoms with Crippen LogP contribution in [0.1, 0.15) is 102 Å². The van der Waals surface area contributed by atoms with Crippen molar-refractivity contribution >= 4 is 107 Å². The number of nitrogens with zero attached hydrogens (tertiary/aromatic N) is 12. The lowest BCUT2D eigenvalue weighted by molar-refractivity contribution is -0.163. The zero-order valence-corrected chi connectivity index (χ0v) is 70.2. The molecule has 6 amide bonds. The highest BCUT2D eigenvalue weighted by molar-refractivity contribution is 8.04. The lowest BCUT2D eigenvalue weighted by atomic mass is 9.79. The van der Waals surface area contributed by atoms with E-state index in [4.69, 9.17) is 53.7 Å². The van der Waals surface area contributed by atoms with Crippen molar-refractivity contribution in [1.29, 1.82) is 0 Å². The number of likely N-dealkylation sites (tertiary alicyclic amines) is 6. The Bertz CT molecular complexity index is 3360. The predicted octanol–water partition coefficient (Wildman–Crippen LogP) is -6.18. The van der Waals surface area contributed by atoms with Gasteiger partial charge in [-0.2, -0.15) is 0 Å². The number of thioether (sulfide) groups is 3. The summed E-state index contributed by atoms with van der Waals surface area (Å²) in [5, 5.41) is 77.2. The normalized spacial score (nSPS) is 30.5. The van der Waals surface area contributed by atoms with Crippen LogP contribution in [0.2, 0.25) is 0 Å². The number of likely N-dealkylation sites (N-methyl/N-ethyl adjacent to an activating group) is 3. The lowest BCUT2D eigenvalue weighted by Gasteiger charge is -2.46. The maximum absolute atomic E-state index is 13.3. The number of hydrogen-bond acceptors (Lipinski definition) is 28. The SMILES string of the molecule is C.C.CCO.C[C@@H](O)[C@H]1C(=O)N2C(C(=O)O)=C(S[C@H]3C[C@@H](C(=O)N4CC[C@H](NCOCN=C(N)N)C4)N(C)C3)[C@H](C)[C@H]12.C[C@@H](O)[C@H]1C(=O)N2C(C(=O)O)=C(S[C@H]3C[C@@H](C(=O)N4CC[C@H](NCOCN=C(N)N)C4)N(C)C3)[C@H](C)[C@H]12.C[C@@H](O)[C@H]1C(=O)N2C(C(=O)O)=C(S[C@H]3C[C@@H](C(=O)N4CC[C@H](NCOCN=C(N)N)C4)N(C)C3)[C@H](C)[C@H]12.O.O.O. The Hall–Kier alpha value is -7.33. The van der Waals surface area contributed by atoms with Gasteiger partial charge < -0.3 is 130 Å². The average Bonchev–Trinajstić information content (AvgIpc) is 1.57. The van der Waals surface area contributed by atoms with Crippen molar-refractivity contribution in [2.75, 3.05) is 127 Å². The van der Waals surface area contributed by atoms with E-state index in [1.54, 1.807) is 27.7 Å². The summed E-state index contributed by atoms with van der Waals surface area (Å²) in [4.78, 5) is 143. The van der Waals surface area contributed by atoms with Crippen LogP contribution in [0.25, 0.3) is 0 Å². The number of aliphatic hydroxyl groups is 4. The van der Waals surface area contributed by atoms with Crippen molar-refractivity contribution < 1.29 is 110 Å². The van der Waals surface area contributed by atoms with E-state index in [1.165, 1.54) is 50.0 Å². The first-order valence-electron chi connectivity index (χ1n) is 38.6. The molecule has 28 N–H and O–H groups in total. The predicted molar refractivity (Wildman–Crippen MR) is 447 cm³/mol. The molecule has 0 bridgehead atoms. The number of aliphatic imine (C=N–C) groups is 3. The molecule has 0 saturated carbocycles. The number of guanidine groups is 3. The highest BCUT2D eigenvalue weighted by atomic mass is 32.2. The molecule has 12 aliphatic rings. The van der Waals surface area contributed by atoms with Gasteiger partial charge in [0, 0.05) is 132 Å². The van der Waals surface area contributed by atoms with Crippen LogP contribution in [-0.4, -0.2) is 383 Å². The first-order valence-corrected chi connectivity index (χ1v) is 41.2. The Morgan fingerprint density at radius 3 is 0.882 bits per heavy atom. The highest BCUT2D eigenvalue weighted by Crippen LogP contribution is 2.55. The summed E-state index contributed by atoms with van der Waals surface area (Å²) in [5.74, 6) is -6.63. The molecular formula is C73H131N21O22S3. The summed E-state index contributed by atoms with van der Waals surface area (Å²) in [5.41, 5.74) is 31.6. The number of aliphatic carboxylic acids is 3. The fourth-order valence-electron chi connectivity index (χ4n) is 17.6. The van der Waals surface area contributed by atoms with Crippen LogP contribution in [-0.2, 0) is 57.4 Å². The molecule has 12 rings (SSSR count). The molecule has 46 heteroatoms. The molecule has 0 spiro atoms. The van der Waals surface area contributed by atoms with Gasteiger partial charge in [-0.1, -0.05) is 35.6 Å². The topological polar surface area (TPSA) is 676 Å². The molecule has 0 unspecified atom stereocenters. The summed E-state index contributed by atoms with van der Waals surface area (Å²) >= 11 is 4.39. The number of amides is 6. The maximum atomic E-state index is 13.3. The number of β-lactam (4-membered cyclic amide) rings is 3. The summed E-state index contributed by atoms with van der Waals surface area (Å²) < 4.78 is 16.0. The summed E-state index contributed by atoms with van der Waals surface area (Å²) in [7, 11) is 5.74. The van der Waals surface area contributed by atoms with Gasteiger partial charge >= 0.3 is 17.9 Å². The molecule has 0 aromatic carbocycles. The number of rotatable bonds is 30. The van der Waals surface area contributed by atoms with Crippen LogP contribution in [0.3, 0.4) is 0 Å². The van der Waals surface area contributed by atoms with E-state index in [1.807, 2.05) is 71.3 Å². The molecule has 9 fully saturated rings. The van der Waals surface area contributed by atoms with Gasteiger partial charge in [0.2, 0.25) is 35.4 Å². The number of hydrogen-bond donors (Lipinski definition) is 16. The fourth-order valence-corrected chi connectivity index (χ4v) is 22.4. The van der Waals surface area contributed by atoms with E-state index in [9.17, 15) is 73.8 Å². The zero-order chi connectivity index (χ0) is 83.8. The van der Waals surface area contributed by atoms with E-state index in [0.29, 0.717) is 92.9 Å². The number of fused-ring (bicyclic) bond motifs is 3. The summed E-state index contributed by atoms with van der Waals surface area (Å²) in [6.07, 6.45) is 1.72. The van der Waals surface area contributed by atoms with Crippen molar-refractivity contribution in [2.24, 2.45) is 84.9 Å². The number of aliphatic hydroxyl groups excluding tert-OH is 4. The first-order chi connectivity index (χ1) is 53.9. The van der Waals surface area contributed by atoms with Crippen LogP contribution in [0.4, 0.5) is 0 Å². The fraction of sp³-hybridized carbons (Fsp3) is 0.753. The Kier molecular flexibility index (Phi) is 39.9. The Morgan fingerprint density at radius 1 is 0.454 bits per heavy atom. The summed E-state index contributed by atoms with van der Waals surface area (Å²) in [6.45, 7) is 19.0. The summed E-state index contributed by atoms with van der Waals surface area (Å²) in [6, 6.07) is -1.53. The van der Waals surface area contributed by atoms with E-state index in [2.05, 4.69) is 30.9 Å². The first kappa shape index (κ1) is 104. The van der Waals surface area contributed by atoms with Gasteiger partial charge in [-0.3, -0.25) is 59.4 Å². The Balaban J connectivity index is 0.000000361. The van der Waals surface area contributed by atoms with E-state index in [-0.39, 0.29) is 237 Å². The molecule has 21 atom stereocenters. The third kappa shape index (κ3) is 23.5. The van der Waals surface area contributed by atoms with Gasteiger partial charge in [0.05, 0.1) is 92.5 Å². The van der Waals surface area contributed by atoms with Crippen LogP contribution in [0.15, 0.2) is 46.8 Å². The molecule has 9 saturated heterocycles. The Labute approximate surface area is 706 Å². The average molecular weight is 1750 g/mol. The van der Waals surface area contributed by atoms with Gasteiger partial charge in [-0.05, 0) is 87.4 Å². The van der Waals surface area contributed by atoms with Crippen molar-refractivity contribution in [1.82, 2.24) is 60.0 Å². The molecule has 0 aromatic rings. The number of nitrogens with two attached hydrogens (primary N) is 6. The minimum absolute atomic E-state index is 0. The lowest BCUT2D eigenvalue weighted by Crippen LogP contribution is -2.63. The number of carboxylic acids is 3. The number of carbonyl (C=O) groups is 9. The smallest absolute Gasteiger partial charge is 0.353 e. The number of ether oxygens (including phenoxy) is 3. The zero-order valence-electron chi connectivity index (χ0n) is 67.8. The molecule has 119 heavy (non-hydrogen) atoms. The van der Waals surface area contributed by atoms with E-state index >= 15 is 0 Å². The van der Waals surface area contributed by atoms with Gasteiger partial charge in [0.15, 0.2) is 17.9 Å². The quantitative estimate of drug-likeness (QED) is 0.0105. The third-order valence-corrected chi connectivity index (χ3v) is 27.6. The van der Waals surface area contributed by atoms with Crippen molar-refractivity contribution in [3.8, 4) is 0 Å². The van der Waals surface area contributed by atoms with Crippen molar-refractivity contribution in [3.05, 3.63) is 31.8 Å². The molecule has 43 nitrogen and oxygen atoms in total. The molecule has 12 aliphatic heterocycles. The van der Waals surface area contributed by atoms with Crippen LogP contribution in [0.5, 0.6) is 0 Å². The Morgan fingerprint density at radius 2 is 0.681 bits per heavy atom. The second-order valence-corrected chi connectivity index (χ2v) is 35.1. The molecule has 0 aliphatic carbocycles. The maximum Gasteiger partial charge on any atom is 0.353 e. The van der Waals surface area contributed by atoms with Crippen molar-refractivity contribution in [3.63, 3.8) is 0 Å². The van der Waals surface area contributed by atoms with Crippen LogP contribution in [0, 0.1) is 35.5 Å². The standard InChI is InChI=1S/3C23H37N7O6S.C2H6O.2CH4.3H2O/c3*1-11-17-16(12(2)31)21(33)30(17)18(22(34)35)19(11)37-14-6-15(28(3)8-14)20(32)29-5-4-13(7-29)26-9-36-10-27-23(24)25;1-2-3;;;;;/h3*11-17,26,31H,4-10H2,1-3H3,(H,34,35)(H4,24,25,27);3H,2H2,1H3;2*1H4;3*1H2/t3*11-,12-,13+,14+,15+,16-,17-;;;;;;/m111....../s1. The number of carbonyl (C=O) groups excluding carboxylic acids is 6. The monoisotopic (exact) mass is 1750 g/mol. The van der Waals surface area contributed by atoms with Crippen LogP contribution < -0.4 is 50.4 Å². The minimum atomic E-state index is -1.13. The molecule has 0 radical (unpaired) electrons. The minimum Gasteiger partial charge on any atom is -0.477 e. The second kappa shape index (κ2) is 45.7. The van der Waals surface area contributed by atoms with Crippen LogP contribution >= 0.6 is 35.3 Å². The van der Waals surface area contributed by atoms with E-state index in [0.717, 1.165) is 19.3 Å². The van der Waals surface area contributed by atoms with Crippen molar-refractivity contribution in [2.45, 2.75) is 190 Å². The van der Waals surface area contributed by atoms with E-state index < -0.39 is 54.0 Å².